The van der Waals surface area contributed by atoms with Gasteiger partial charge in [-0.15, -0.1) is 0 Å². The van der Waals surface area contributed by atoms with Crippen molar-refractivity contribution in [3.05, 3.63) is 58.2 Å². The molecular formula is C21H21ClN2O3. The molecule has 5 nitrogen and oxygen atoms in total. The van der Waals surface area contributed by atoms with Gasteiger partial charge in [0.05, 0.1) is 14.2 Å². The van der Waals surface area contributed by atoms with Crippen molar-refractivity contribution < 1.29 is 14.3 Å². The summed E-state index contributed by atoms with van der Waals surface area (Å²) in [5, 5.41) is 1.67. The molecule has 1 aromatic heterocycles. The van der Waals surface area contributed by atoms with Gasteiger partial charge in [-0.2, -0.15) is 0 Å². The molecule has 0 atom stereocenters. The Kier molecular flexibility index (Phi) is 4.48. The van der Waals surface area contributed by atoms with E-state index >= 15 is 0 Å². The number of amides is 1. The van der Waals surface area contributed by atoms with E-state index in [0.29, 0.717) is 29.6 Å². The number of benzene rings is 2. The van der Waals surface area contributed by atoms with Gasteiger partial charge in [-0.3, -0.25) is 4.79 Å². The van der Waals surface area contributed by atoms with Crippen molar-refractivity contribution in [2.45, 2.75) is 13.0 Å². The number of carbonyl (C=O) groups is 1. The van der Waals surface area contributed by atoms with Gasteiger partial charge in [0.1, 0.15) is 5.69 Å². The summed E-state index contributed by atoms with van der Waals surface area (Å²) in [6, 6.07) is 11.6. The minimum atomic E-state index is 0.0188. The van der Waals surface area contributed by atoms with E-state index in [1.54, 1.807) is 14.2 Å². The van der Waals surface area contributed by atoms with Gasteiger partial charge in [-0.25, -0.2) is 0 Å². The number of rotatable bonds is 3. The first-order chi connectivity index (χ1) is 13.0. The number of hydrogen-bond donors (Lipinski definition) is 0. The maximum atomic E-state index is 13.2. The molecule has 0 bridgehead atoms. The SMILES string of the molecule is COc1cc2c(cc1OC)CN(C(=O)c1cc3ccc(Cl)cc3n1C)CC2. The van der Waals surface area contributed by atoms with E-state index in [-0.39, 0.29) is 5.91 Å². The molecule has 1 aliphatic rings. The van der Waals surface area contributed by atoms with E-state index in [2.05, 4.69) is 0 Å². The molecule has 3 aromatic rings. The van der Waals surface area contributed by atoms with Crippen LogP contribution in [0.5, 0.6) is 11.5 Å². The third-order valence-electron chi connectivity index (χ3n) is 5.23. The quantitative estimate of drug-likeness (QED) is 0.684. The van der Waals surface area contributed by atoms with E-state index in [4.69, 9.17) is 21.1 Å². The molecule has 6 heteroatoms. The molecule has 0 aliphatic carbocycles. The van der Waals surface area contributed by atoms with Crippen LogP contribution in [0.3, 0.4) is 0 Å². The molecule has 4 rings (SSSR count). The minimum absolute atomic E-state index is 0.0188. The Balaban J connectivity index is 1.66. The van der Waals surface area contributed by atoms with E-state index in [1.807, 2.05) is 52.9 Å². The summed E-state index contributed by atoms with van der Waals surface area (Å²) >= 11 is 6.11. The summed E-state index contributed by atoms with van der Waals surface area (Å²) in [7, 11) is 5.16. The number of carbonyl (C=O) groups excluding carboxylic acids is 1. The fourth-order valence-electron chi connectivity index (χ4n) is 3.73. The zero-order chi connectivity index (χ0) is 19.1. The third-order valence-corrected chi connectivity index (χ3v) is 5.47. The van der Waals surface area contributed by atoms with E-state index in [1.165, 1.54) is 5.56 Å². The second-order valence-electron chi connectivity index (χ2n) is 6.74. The molecule has 0 radical (unpaired) electrons. The molecule has 1 aliphatic heterocycles. The normalized spacial score (nSPS) is 13.6. The van der Waals surface area contributed by atoms with Crippen molar-refractivity contribution >= 4 is 28.4 Å². The highest BCUT2D eigenvalue weighted by Crippen LogP contribution is 2.34. The van der Waals surface area contributed by atoms with Crippen molar-refractivity contribution in [3.63, 3.8) is 0 Å². The molecule has 27 heavy (non-hydrogen) atoms. The van der Waals surface area contributed by atoms with E-state index in [9.17, 15) is 4.79 Å². The molecule has 2 heterocycles. The Hall–Kier alpha value is -2.66. The number of halogens is 1. The largest absolute Gasteiger partial charge is 0.493 e. The molecule has 1 amide bonds. The smallest absolute Gasteiger partial charge is 0.270 e. The van der Waals surface area contributed by atoms with Crippen LogP contribution in [0.25, 0.3) is 10.9 Å². The molecule has 2 aromatic carbocycles. The standard InChI is InChI=1S/C21H21ClN2O3/c1-23-17-11-16(22)5-4-14(17)8-18(23)21(25)24-7-6-13-9-19(26-2)20(27-3)10-15(13)12-24/h4-5,8-11H,6-7,12H2,1-3H3. The predicted octanol–water partition coefficient (Wildman–Crippen LogP) is 4.05. The number of nitrogens with zero attached hydrogens (tertiary/aromatic N) is 2. The highest BCUT2D eigenvalue weighted by molar-refractivity contribution is 6.31. The summed E-state index contributed by atoms with van der Waals surface area (Å²) in [4.78, 5) is 15.1. The number of hydrogen-bond acceptors (Lipinski definition) is 3. The molecular weight excluding hydrogens is 364 g/mol. The van der Waals surface area contributed by atoms with Crippen LogP contribution in [0, 0.1) is 0 Å². The maximum Gasteiger partial charge on any atom is 0.270 e. The fourth-order valence-corrected chi connectivity index (χ4v) is 3.89. The van der Waals surface area contributed by atoms with Gasteiger partial charge >= 0.3 is 0 Å². The first-order valence-corrected chi connectivity index (χ1v) is 9.17. The van der Waals surface area contributed by atoms with Crippen LogP contribution >= 0.6 is 11.6 Å². The molecule has 0 spiro atoms. The number of fused-ring (bicyclic) bond motifs is 2. The fraction of sp³-hybridized carbons (Fsp3) is 0.286. The first-order valence-electron chi connectivity index (χ1n) is 8.80. The Bertz CT molecular complexity index is 1040. The van der Waals surface area contributed by atoms with Crippen molar-refractivity contribution in [2.24, 2.45) is 7.05 Å². The van der Waals surface area contributed by atoms with Crippen LogP contribution in [-0.4, -0.2) is 36.1 Å². The Labute approximate surface area is 163 Å². The van der Waals surface area contributed by atoms with E-state index in [0.717, 1.165) is 28.6 Å². The van der Waals surface area contributed by atoms with Crippen molar-refractivity contribution in [1.29, 1.82) is 0 Å². The minimum Gasteiger partial charge on any atom is -0.493 e. The van der Waals surface area contributed by atoms with Gasteiger partial charge in [-0.05, 0) is 47.9 Å². The lowest BCUT2D eigenvalue weighted by Crippen LogP contribution is -2.36. The Morgan fingerprint density at radius 2 is 1.74 bits per heavy atom. The Morgan fingerprint density at radius 1 is 1.04 bits per heavy atom. The summed E-state index contributed by atoms with van der Waals surface area (Å²) in [5.74, 6) is 1.43. The maximum absolute atomic E-state index is 13.2. The first kappa shape index (κ1) is 17.7. The van der Waals surface area contributed by atoms with Gasteiger partial charge in [0.15, 0.2) is 11.5 Å². The van der Waals surface area contributed by atoms with Crippen LogP contribution < -0.4 is 9.47 Å². The Morgan fingerprint density at radius 3 is 2.44 bits per heavy atom. The van der Waals surface area contributed by atoms with Gasteiger partial charge in [0, 0.05) is 36.1 Å². The number of ether oxygens (including phenoxy) is 2. The van der Waals surface area contributed by atoms with Gasteiger partial charge in [0.25, 0.3) is 5.91 Å². The summed E-state index contributed by atoms with van der Waals surface area (Å²) in [5.41, 5.74) is 3.90. The average molecular weight is 385 g/mol. The van der Waals surface area contributed by atoms with Crippen LogP contribution in [-0.2, 0) is 20.0 Å². The van der Waals surface area contributed by atoms with Gasteiger partial charge in [0.2, 0.25) is 0 Å². The zero-order valence-corrected chi connectivity index (χ0v) is 16.3. The summed E-state index contributed by atoms with van der Waals surface area (Å²) in [6.07, 6.45) is 0.789. The predicted molar refractivity (Wildman–Crippen MR) is 106 cm³/mol. The topological polar surface area (TPSA) is 43.7 Å². The molecule has 140 valence electrons. The lowest BCUT2D eigenvalue weighted by atomic mass is 9.98. The molecule has 0 fully saturated rings. The average Bonchev–Trinajstić information content (AvgIpc) is 3.01. The molecule has 0 N–H and O–H groups in total. The van der Waals surface area contributed by atoms with Crippen LogP contribution in [0.4, 0.5) is 0 Å². The second-order valence-corrected chi connectivity index (χ2v) is 7.18. The highest BCUT2D eigenvalue weighted by Gasteiger charge is 2.25. The number of aryl methyl sites for hydroxylation is 1. The monoisotopic (exact) mass is 384 g/mol. The highest BCUT2D eigenvalue weighted by atomic mass is 35.5. The van der Waals surface area contributed by atoms with Crippen LogP contribution in [0.15, 0.2) is 36.4 Å². The van der Waals surface area contributed by atoms with E-state index < -0.39 is 0 Å². The van der Waals surface area contributed by atoms with Crippen molar-refractivity contribution in [3.8, 4) is 11.5 Å². The van der Waals surface area contributed by atoms with Crippen LogP contribution in [0.2, 0.25) is 5.02 Å². The molecule has 0 saturated heterocycles. The molecule has 0 unspecified atom stereocenters. The third kappa shape index (κ3) is 3.02. The van der Waals surface area contributed by atoms with Crippen LogP contribution in [0.1, 0.15) is 21.6 Å². The lowest BCUT2D eigenvalue weighted by Gasteiger charge is -2.29. The second kappa shape index (κ2) is 6.82. The van der Waals surface area contributed by atoms with Crippen molar-refractivity contribution in [1.82, 2.24) is 9.47 Å². The van der Waals surface area contributed by atoms with Gasteiger partial charge in [-0.1, -0.05) is 17.7 Å². The molecule has 0 saturated carbocycles. The lowest BCUT2D eigenvalue weighted by molar-refractivity contribution is 0.0725. The number of methoxy groups -OCH3 is 2. The van der Waals surface area contributed by atoms with Crippen molar-refractivity contribution in [2.75, 3.05) is 20.8 Å². The van der Waals surface area contributed by atoms with Gasteiger partial charge < -0.3 is 18.9 Å². The number of aromatic nitrogens is 1. The zero-order valence-electron chi connectivity index (χ0n) is 15.6. The summed E-state index contributed by atoms with van der Waals surface area (Å²) in [6.45, 7) is 1.22. The summed E-state index contributed by atoms with van der Waals surface area (Å²) < 4.78 is 12.7.